The molecule has 136 valence electrons. The smallest absolute Gasteiger partial charge is 0.243 e. The highest BCUT2D eigenvalue weighted by atomic mass is 35.5. The summed E-state index contributed by atoms with van der Waals surface area (Å²) in [5.41, 5.74) is 2.30. The van der Waals surface area contributed by atoms with Crippen molar-refractivity contribution in [2.24, 2.45) is 0 Å². The van der Waals surface area contributed by atoms with E-state index >= 15 is 0 Å². The molecule has 2 amide bonds. The van der Waals surface area contributed by atoms with Gasteiger partial charge in [0.15, 0.2) is 0 Å². The minimum atomic E-state index is -0.190. The second-order valence-electron chi connectivity index (χ2n) is 5.95. The fourth-order valence-electron chi connectivity index (χ4n) is 2.81. The lowest BCUT2D eigenvalue weighted by atomic mass is 10.2. The third-order valence-electron chi connectivity index (χ3n) is 4.14. The van der Waals surface area contributed by atoms with Crippen LogP contribution in [0.5, 0.6) is 5.75 Å². The molecule has 0 aliphatic carbocycles. The molecule has 0 aromatic heterocycles. The van der Waals surface area contributed by atoms with Crippen molar-refractivity contribution in [3.05, 3.63) is 47.5 Å². The van der Waals surface area contributed by atoms with Crippen LogP contribution in [0.25, 0.3) is 0 Å². The van der Waals surface area contributed by atoms with Gasteiger partial charge in [0.2, 0.25) is 11.8 Å². The Labute approximate surface area is 157 Å². The molecule has 2 N–H and O–H groups in total. The van der Waals surface area contributed by atoms with E-state index in [9.17, 15) is 9.59 Å². The molecule has 0 spiro atoms. The zero-order valence-electron chi connectivity index (χ0n) is 14.4. The van der Waals surface area contributed by atoms with Gasteiger partial charge in [-0.2, -0.15) is 0 Å². The van der Waals surface area contributed by atoms with E-state index in [2.05, 4.69) is 10.6 Å². The maximum atomic E-state index is 12.1. The highest BCUT2D eigenvalue weighted by Gasteiger charge is 2.21. The van der Waals surface area contributed by atoms with Crippen LogP contribution in [0.15, 0.2) is 42.5 Å². The highest BCUT2D eigenvalue weighted by Crippen LogP contribution is 2.27. The van der Waals surface area contributed by atoms with Crippen LogP contribution in [0.1, 0.15) is 12.8 Å². The average Bonchev–Trinajstić information content (AvgIpc) is 3.06. The van der Waals surface area contributed by atoms with E-state index in [-0.39, 0.29) is 18.4 Å². The molecule has 1 aliphatic rings. The Balaban J connectivity index is 1.52. The van der Waals surface area contributed by atoms with E-state index in [4.69, 9.17) is 16.3 Å². The number of carbonyl (C=O) groups is 2. The second kappa shape index (κ2) is 8.10. The summed E-state index contributed by atoms with van der Waals surface area (Å²) in [6, 6.07) is 12.5. The largest absolute Gasteiger partial charge is 0.495 e. The lowest BCUT2D eigenvalue weighted by molar-refractivity contribution is -0.117. The topological polar surface area (TPSA) is 70.7 Å². The summed E-state index contributed by atoms with van der Waals surface area (Å²) < 4.78 is 5.08. The molecule has 0 saturated carbocycles. The minimum absolute atomic E-state index is 0.117. The predicted octanol–water partition coefficient (Wildman–Crippen LogP) is 3.53. The molecular formula is C19H20ClN3O3. The summed E-state index contributed by atoms with van der Waals surface area (Å²) in [5, 5.41) is 6.27. The molecule has 26 heavy (non-hydrogen) atoms. The van der Waals surface area contributed by atoms with Crippen LogP contribution in [0.2, 0.25) is 5.02 Å². The van der Waals surface area contributed by atoms with Crippen LogP contribution in [0, 0.1) is 0 Å². The monoisotopic (exact) mass is 373 g/mol. The van der Waals surface area contributed by atoms with Crippen molar-refractivity contribution in [1.29, 1.82) is 0 Å². The van der Waals surface area contributed by atoms with Crippen LogP contribution in [0.3, 0.4) is 0 Å². The Morgan fingerprint density at radius 3 is 2.54 bits per heavy atom. The molecular weight excluding hydrogens is 354 g/mol. The van der Waals surface area contributed by atoms with E-state index in [1.165, 1.54) is 7.11 Å². The zero-order valence-corrected chi connectivity index (χ0v) is 15.2. The Kier molecular flexibility index (Phi) is 5.63. The fourth-order valence-corrected chi connectivity index (χ4v) is 3.07. The van der Waals surface area contributed by atoms with Gasteiger partial charge >= 0.3 is 0 Å². The molecule has 7 heteroatoms. The minimum Gasteiger partial charge on any atom is -0.495 e. The quantitative estimate of drug-likeness (QED) is 0.812. The lowest BCUT2D eigenvalue weighted by Gasteiger charge is -2.16. The van der Waals surface area contributed by atoms with Gasteiger partial charge in [0.05, 0.1) is 18.7 Å². The normalized spacial score (nSPS) is 13.6. The van der Waals surface area contributed by atoms with Crippen molar-refractivity contribution in [3.63, 3.8) is 0 Å². The van der Waals surface area contributed by atoms with Crippen molar-refractivity contribution in [2.45, 2.75) is 12.8 Å². The number of carbonyl (C=O) groups excluding carboxylic acids is 2. The van der Waals surface area contributed by atoms with Gasteiger partial charge in [0.25, 0.3) is 0 Å². The Bertz CT molecular complexity index is 808. The first-order chi connectivity index (χ1) is 12.6. The van der Waals surface area contributed by atoms with Crippen molar-refractivity contribution in [1.82, 2.24) is 0 Å². The molecule has 0 atom stereocenters. The predicted molar refractivity (Wildman–Crippen MR) is 103 cm³/mol. The van der Waals surface area contributed by atoms with E-state index in [1.54, 1.807) is 23.1 Å². The van der Waals surface area contributed by atoms with Crippen molar-refractivity contribution < 1.29 is 14.3 Å². The number of ether oxygens (including phenoxy) is 1. The Hall–Kier alpha value is -2.73. The van der Waals surface area contributed by atoms with Gasteiger partial charge in [-0.25, -0.2) is 0 Å². The van der Waals surface area contributed by atoms with Gasteiger partial charge < -0.3 is 20.3 Å². The molecule has 0 unspecified atom stereocenters. The van der Waals surface area contributed by atoms with Crippen molar-refractivity contribution in [3.8, 4) is 5.75 Å². The number of amides is 2. The molecule has 0 radical (unpaired) electrons. The number of rotatable bonds is 6. The number of halogens is 1. The summed E-state index contributed by atoms with van der Waals surface area (Å²) in [4.78, 5) is 25.6. The number of methoxy groups -OCH3 is 1. The average molecular weight is 374 g/mol. The van der Waals surface area contributed by atoms with Gasteiger partial charge in [-0.3, -0.25) is 9.59 Å². The summed E-state index contributed by atoms with van der Waals surface area (Å²) in [6.07, 6.45) is 1.50. The van der Waals surface area contributed by atoms with Gasteiger partial charge in [-0.15, -0.1) is 0 Å². The maximum Gasteiger partial charge on any atom is 0.243 e. The molecule has 3 rings (SSSR count). The van der Waals surface area contributed by atoms with E-state index in [0.29, 0.717) is 22.9 Å². The van der Waals surface area contributed by atoms with Gasteiger partial charge in [-0.1, -0.05) is 11.6 Å². The number of nitrogens with one attached hydrogen (secondary N) is 2. The van der Waals surface area contributed by atoms with E-state index in [0.717, 1.165) is 24.3 Å². The summed E-state index contributed by atoms with van der Waals surface area (Å²) >= 11 is 6.04. The third-order valence-corrected chi connectivity index (χ3v) is 4.44. The number of nitrogens with zero attached hydrogens (tertiary/aromatic N) is 1. The third kappa shape index (κ3) is 4.26. The molecule has 6 nitrogen and oxygen atoms in total. The molecule has 1 saturated heterocycles. The van der Waals surface area contributed by atoms with Crippen LogP contribution < -0.4 is 20.3 Å². The lowest BCUT2D eigenvalue weighted by Crippen LogP contribution is -2.24. The first-order valence-corrected chi connectivity index (χ1v) is 8.72. The number of benzene rings is 2. The summed E-state index contributed by atoms with van der Waals surface area (Å²) in [7, 11) is 1.54. The molecule has 2 aromatic rings. The van der Waals surface area contributed by atoms with Crippen LogP contribution >= 0.6 is 11.6 Å². The maximum absolute atomic E-state index is 12.1. The van der Waals surface area contributed by atoms with Crippen molar-refractivity contribution in [2.75, 3.05) is 35.7 Å². The number of hydrogen-bond acceptors (Lipinski definition) is 4. The second-order valence-corrected chi connectivity index (χ2v) is 6.35. The van der Waals surface area contributed by atoms with Gasteiger partial charge in [-0.05, 0) is 48.9 Å². The first kappa shape index (κ1) is 18.1. The van der Waals surface area contributed by atoms with E-state index in [1.807, 2.05) is 24.3 Å². The van der Waals surface area contributed by atoms with Crippen LogP contribution in [-0.4, -0.2) is 32.0 Å². The standard InChI is InChI=1S/C19H20ClN3O3/c1-26-17-9-6-14(11-16(17)20)22-18(24)12-21-13-4-7-15(8-5-13)23-10-2-3-19(23)25/h4-9,11,21H,2-3,10,12H2,1H3,(H,22,24). The number of hydrogen-bond donors (Lipinski definition) is 2. The van der Waals surface area contributed by atoms with Crippen LogP contribution in [-0.2, 0) is 9.59 Å². The molecule has 1 aliphatic heterocycles. The first-order valence-electron chi connectivity index (χ1n) is 8.34. The number of anilines is 3. The molecule has 1 fully saturated rings. The summed E-state index contributed by atoms with van der Waals surface area (Å²) in [6.45, 7) is 0.879. The molecule has 1 heterocycles. The molecule has 0 bridgehead atoms. The summed E-state index contributed by atoms with van der Waals surface area (Å²) in [5.74, 6) is 0.521. The Morgan fingerprint density at radius 1 is 1.19 bits per heavy atom. The van der Waals surface area contributed by atoms with Gasteiger partial charge in [0.1, 0.15) is 5.75 Å². The van der Waals surface area contributed by atoms with E-state index < -0.39 is 0 Å². The fraction of sp³-hybridized carbons (Fsp3) is 0.263. The highest BCUT2D eigenvalue weighted by molar-refractivity contribution is 6.32. The Morgan fingerprint density at radius 2 is 1.92 bits per heavy atom. The molecule has 2 aromatic carbocycles. The zero-order chi connectivity index (χ0) is 18.5. The van der Waals surface area contributed by atoms with Crippen LogP contribution in [0.4, 0.5) is 17.1 Å². The van der Waals surface area contributed by atoms with Crippen molar-refractivity contribution >= 4 is 40.5 Å². The van der Waals surface area contributed by atoms with Gasteiger partial charge in [0, 0.05) is 30.0 Å². The SMILES string of the molecule is COc1ccc(NC(=O)CNc2ccc(N3CCCC3=O)cc2)cc1Cl.